The second-order valence-electron chi connectivity index (χ2n) is 29.9. The summed E-state index contributed by atoms with van der Waals surface area (Å²) in [5, 5.41) is 4.18. The number of anilines is 11. The maximum absolute atomic E-state index is 8.62. The summed E-state index contributed by atoms with van der Waals surface area (Å²) in [7, 11) is -1.25. The Hall–Kier alpha value is -8.89. The zero-order valence-corrected chi connectivity index (χ0v) is 56.1. The van der Waals surface area contributed by atoms with Gasteiger partial charge in [0.2, 0.25) is 0 Å². The van der Waals surface area contributed by atoms with Gasteiger partial charge >= 0.3 is 0 Å². The molecule has 2 unspecified atom stereocenters. The fourth-order valence-corrected chi connectivity index (χ4v) is 20.9. The molecule has 8 aliphatic rings. The molecule has 10 aromatic carbocycles. The van der Waals surface area contributed by atoms with Gasteiger partial charge in [-0.05, 0) is 201 Å². The molecule has 448 valence electrons. The van der Waals surface area contributed by atoms with Crippen LogP contribution in [0.3, 0.4) is 0 Å². The molecule has 6 heteroatoms. The highest BCUT2D eigenvalue weighted by molar-refractivity contribution is 7.82. The van der Waals surface area contributed by atoms with Gasteiger partial charge < -0.3 is 24.3 Å². The van der Waals surface area contributed by atoms with Crippen LogP contribution in [0.25, 0.3) is 22.3 Å². The van der Waals surface area contributed by atoms with Crippen LogP contribution in [0.1, 0.15) is 147 Å². The van der Waals surface area contributed by atoms with Crippen LogP contribution in [-0.4, -0.2) is 6.04 Å². The Kier molecular flexibility index (Phi) is 11.0. The van der Waals surface area contributed by atoms with Crippen molar-refractivity contribution in [1.29, 1.82) is 0 Å². The van der Waals surface area contributed by atoms with Crippen LogP contribution in [0.2, 0.25) is 0 Å². The van der Waals surface area contributed by atoms with Crippen molar-refractivity contribution in [3.8, 4) is 33.8 Å². The third-order valence-electron chi connectivity index (χ3n) is 22.4. The molecule has 5 aliphatic heterocycles. The lowest BCUT2D eigenvalue weighted by atomic mass is 9.68. The number of aryl methyl sites for hydroxylation is 6. The second-order valence-corrected chi connectivity index (χ2v) is 31.9. The first-order chi connectivity index (χ1) is 43.5. The molecule has 0 fully saturated rings. The molecule has 0 radical (unpaired) electrons. The van der Waals surface area contributed by atoms with E-state index in [0.29, 0.717) is 0 Å². The highest BCUT2D eigenvalue weighted by Gasteiger charge is 2.60. The van der Waals surface area contributed by atoms with Gasteiger partial charge in [0.25, 0.3) is 0 Å². The zero-order valence-electron chi connectivity index (χ0n) is 55.2. The Bertz CT molecular complexity index is 4990. The molecule has 18 rings (SSSR count). The zero-order chi connectivity index (χ0) is 62.6. The van der Waals surface area contributed by atoms with E-state index in [1.165, 1.54) is 167 Å². The molecule has 0 aromatic heterocycles. The minimum absolute atomic E-state index is 0.161. The average molecular weight is 1200 g/mol. The molecule has 0 bridgehead atoms. The Labute approximate surface area is 538 Å². The first kappa shape index (κ1) is 55.0. The minimum Gasteiger partial charge on any atom is -0.455 e. The van der Waals surface area contributed by atoms with Crippen LogP contribution in [0.5, 0.6) is 11.5 Å². The largest absolute Gasteiger partial charge is 0.455 e. The van der Waals surface area contributed by atoms with E-state index >= 15 is 0 Å². The number of rotatable bonds is 6. The summed E-state index contributed by atoms with van der Waals surface area (Å²) in [4.78, 5) is 10.5. The quantitative estimate of drug-likeness (QED) is 0.154. The number of allylic oxidation sites excluding steroid dienone is 2. The fourth-order valence-electron chi connectivity index (χ4n) is 17.9. The average Bonchev–Trinajstić information content (AvgIpc) is 1.64. The first-order valence-electron chi connectivity index (χ1n) is 32.9. The van der Waals surface area contributed by atoms with Crippen molar-refractivity contribution in [1.82, 2.24) is 0 Å². The maximum atomic E-state index is 8.62. The summed E-state index contributed by atoms with van der Waals surface area (Å²) >= 11 is 0. The maximum Gasteiger partial charge on any atom is 0.142 e. The van der Waals surface area contributed by atoms with Crippen molar-refractivity contribution >= 4 is 86.4 Å². The molecule has 0 amide bonds. The van der Waals surface area contributed by atoms with Crippen LogP contribution >= 0.6 is 7.92 Å². The second kappa shape index (κ2) is 18.2. The summed E-state index contributed by atoms with van der Waals surface area (Å²) < 4.78 is 8.62. The topological polar surface area (TPSA) is 22.2 Å². The smallest absolute Gasteiger partial charge is 0.142 e. The van der Waals surface area contributed by atoms with E-state index in [2.05, 4.69) is 299 Å². The van der Waals surface area contributed by atoms with E-state index in [1.807, 2.05) is 0 Å². The SMILES string of the molecule is CC1=CCC(N(c2ccc(C)cc2)c2ccc3c(c2)C(C)(C)c2c4c5c6c(c2-3)C(C)(C)c2cc(C)ccc2N6c2cc(C)cc3c2P5c2c(c5c(c6c2N3c2ccc(C)cc2C6(C)C)-c2ccc(N(c3ccc(C)cc3)c3ccc(C)cc3)cc2C5(C)C)O4)C=C1. The van der Waals surface area contributed by atoms with Crippen molar-refractivity contribution in [2.24, 2.45) is 0 Å². The van der Waals surface area contributed by atoms with Crippen molar-refractivity contribution in [2.75, 3.05) is 19.6 Å². The predicted octanol–water partition coefficient (Wildman–Crippen LogP) is 21.7. The van der Waals surface area contributed by atoms with E-state index < -0.39 is 29.6 Å². The molecule has 2 atom stereocenters. The monoisotopic (exact) mass is 1200 g/mol. The van der Waals surface area contributed by atoms with Crippen LogP contribution in [-0.2, 0) is 21.7 Å². The van der Waals surface area contributed by atoms with Crippen molar-refractivity contribution in [3.05, 3.63) is 259 Å². The van der Waals surface area contributed by atoms with Crippen molar-refractivity contribution in [2.45, 2.75) is 138 Å². The van der Waals surface area contributed by atoms with Gasteiger partial charge in [0.05, 0.1) is 50.8 Å². The predicted molar refractivity (Wildman–Crippen MR) is 384 cm³/mol. The third-order valence-corrected chi connectivity index (χ3v) is 25.0. The summed E-state index contributed by atoms with van der Waals surface area (Å²) in [5.41, 5.74) is 36.8. The third kappa shape index (κ3) is 7.11. The first-order valence-corrected chi connectivity index (χ1v) is 34.3. The lowest BCUT2D eigenvalue weighted by Gasteiger charge is -2.55. The Morgan fingerprint density at radius 1 is 0.396 bits per heavy atom. The van der Waals surface area contributed by atoms with E-state index in [4.69, 9.17) is 4.74 Å². The van der Waals surface area contributed by atoms with E-state index in [0.717, 1.165) is 35.0 Å². The normalized spacial score (nSPS) is 18.6. The molecular weight excluding hydrogens is 1120 g/mol. The Morgan fingerprint density at radius 2 is 0.813 bits per heavy atom. The van der Waals surface area contributed by atoms with Gasteiger partial charge in [0.1, 0.15) is 11.5 Å². The van der Waals surface area contributed by atoms with E-state index in [1.54, 1.807) is 0 Å². The van der Waals surface area contributed by atoms with Crippen molar-refractivity contribution in [3.63, 3.8) is 0 Å². The summed E-state index contributed by atoms with van der Waals surface area (Å²) in [6, 6.07) is 61.9. The number of nitrogens with zero attached hydrogens (tertiary/aromatic N) is 4. The van der Waals surface area contributed by atoms with Crippen LogP contribution in [0.4, 0.5) is 62.6 Å². The molecule has 5 nitrogen and oxygen atoms in total. The number of fused-ring (bicyclic) bond motifs is 16. The molecular formula is C85H77N4OP. The molecule has 91 heavy (non-hydrogen) atoms. The molecule has 0 saturated carbocycles. The van der Waals surface area contributed by atoms with Crippen LogP contribution in [0, 0.1) is 41.5 Å². The summed E-state index contributed by atoms with van der Waals surface area (Å²) in [6.07, 6.45) is 8.06. The highest BCUT2D eigenvalue weighted by Crippen LogP contribution is 2.74. The molecule has 0 spiro atoms. The minimum atomic E-state index is -1.25. The van der Waals surface area contributed by atoms with Crippen molar-refractivity contribution < 1.29 is 4.74 Å². The van der Waals surface area contributed by atoms with Gasteiger partial charge in [-0.25, -0.2) is 0 Å². The van der Waals surface area contributed by atoms with Crippen LogP contribution in [0.15, 0.2) is 182 Å². The standard InChI is InChI=1S/C85H77N4OP/c1-46-16-26-53(27-17-46)86(54-28-18-47(2)19-29-54)57-34-36-59-61(44-57)82(8,9)73-69(59)71-75-80-77(73)90-78-74-70(60-37-35-58(45-62(60)83(74,10)11)87(55-30-20-48(3)21-31-55)56-32-22-49(4)23-33-56)72-76-81(78)91(80)79-67(88(75)65-38-24-50(5)40-63(65)84(71,12)13)42-52(7)43-68(79)89(76)66-39-25-51(6)41-64(66)85(72,14)15/h16-32,34-45,56H,33H2,1-15H3. The Balaban J connectivity index is 0.950. The number of ether oxygens (including phenoxy) is 1. The molecule has 0 N–H and O–H groups in total. The molecule has 5 heterocycles. The number of hydrogen-bond donors (Lipinski definition) is 0. The Morgan fingerprint density at radius 3 is 1.27 bits per heavy atom. The van der Waals surface area contributed by atoms with E-state index in [9.17, 15) is 0 Å². The lowest BCUT2D eigenvalue weighted by molar-refractivity contribution is 0.454. The lowest BCUT2D eigenvalue weighted by Crippen LogP contribution is -2.49. The highest BCUT2D eigenvalue weighted by atomic mass is 31.1. The number of hydrogen-bond acceptors (Lipinski definition) is 5. The van der Waals surface area contributed by atoms with E-state index in [-0.39, 0.29) is 6.04 Å². The summed E-state index contributed by atoms with van der Waals surface area (Å²) in [5.74, 6) is 2.12. The van der Waals surface area contributed by atoms with Gasteiger partial charge in [0.15, 0.2) is 0 Å². The molecule has 0 saturated heterocycles. The summed E-state index contributed by atoms with van der Waals surface area (Å²) in [6.45, 7) is 35.8. The number of benzene rings is 10. The molecule has 3 aliphatic carbocycles. The van der Waals surface area contributed by atoms with Gasteiger partial charge in [-0.3, -0.25) is 0 Å². The van der Waals surface area contributed by atoms with Gasteiger partial charge in [-0.2, -0.15) is 0 Å². The van der Waals surface area contributed by atoms with Gasteiger partial charge in [0, 0.05) is 74.4 Å². The van der Waals surface area contributed by atoms with Gasteiger partial charge in [-0.1, -0.05) is 180 Å². The van der Waals surface area contributed by atoms with Crippen LogP contribution < -0.4 is 40.3 Å². The molecule has 10 aromatic rings. The van der Waals surface area contributed by atoms with Gasteiger partial charge in [-0.15, -0.1) is 0 Å². The fraction of sp³-hybridized carbons (Fsp3) is 0.247.